The quantitative estimate of drug-likeness (QED) is 0.695. The molecule has 0 aliphatic rings. The van der Waals surface area contributed by atoms with Gasteiger partial charge in [-0.15, -0.1) is 0 Å². The summed E-state index contributed by atoms with van der Waals surface area (Å²) in [6.07, 6.45) is 0. The molecule has 4 nitrogen and oxygen atoms in total. The summed E-state index contributed by atoms with van der Waals surface area (Å²) in [7, 11) is 1.54. The lowest BCUT2D eigenvalue weighted by Gasteiger charge is -2.10. The molecule has 1 N–H and O–H groups in total. The second-order valence-electron chi connectivity index (χ2n) is 4.84. The number of hydrogen-bond donors (Lipinski definition) is 1. The van der Waals surface area contributed by atoms with E-state index in [-0.39, 0.29) is 5.91 Å². The number of benzene rings is 2. The maximum absolute atomic E-state index is 12.5. The van der Waals surface area contributed by atoms with Gasteiger partial charge in [-0.3, -0.25) is 10.1 Å². The number of nitrogens with zero attached hydrogens (tertiary/aromatic N) is 1. The first kappa shape index (κ1) is 16.1. The third-order valence-electron chi connectivity index (χ3n) is 3.33. The van der Waals surface area contributed by atoms with Crippen LogP contribution in [0.25, 0.3) is 10.2 Å². The molecule has 1 heterocycles. The summed E-state index contributed by atoms with van der Waals surface area (Å²) in [4.78, 5) is 16.8. The Bertz CT molecular complexity index is 908. The average molecular weight is 367 g/mol. The van der Waals surface area contributed by atoms with Gasteiger partial charge in [0.05, 0.1) is 27.4 Å². The molecule has 1 amide bonds. The van der Waals surface area contributed by atoms with E-state index in [4.69, 9.17) is 27.9 Å². The largest absolute Gasteiger partial charge is 0.496 e. The van der Waals surface area contributed by atoms with Gasteiger partial charge >= 0.3 is 0 Å². The molecule has 2 aromatic carbocycles. The topological polar surface area (TPSA) is 51.2 Å². The van der Waals surface area contributed by atoms with Gasteiger partial charge in [0.1, 0.15) is 11.3 Å². The van der Waals surface area contributed by atoms with E-state index in [1.54, 1.807) is 19.2 Å². The van der Waals surface area contributed by atoms with Gasteiger partial charge in [-0.05, 0) is 30.7 Å². The zero-order valence-corrected chi connectivity index (χ0v) is 14.6. The molecule has 0 saturated carbocycles. The first-order valence-electron chi connectivity index (χ1n) is 6.70. The summed E-state index contributed by atoms with van der Waals surface area (Å²) in [6, 6.07) is 8.93. The number of ether oxygens (including phenoxy) is 1. The van der Waals surface area contributed by atoms with Crippen LogP contribution in [0.15, 0.2) is 30.3 Å². The molecule has 0 bridgehead atoms. The number of carbonyl (C=O) groups excluding carboxylic acids is 1. The summed E-state index contributed by atoms with van der Waals surface area (Å²) in [5, 5.41) is 4.06. The van der Waals surface area contributed by atoms with Gasteiger partial charge in [0.2, 0.25) is 0 Å². The van der Waals surface area contributed by atoms with Crippen LogP contribution >= 0.6 is 34.5 Å². The van der Waals surface area contributed by atoms with E-state index in [0.717, 1.165) is 10.3 Å². The summed E-state index contributed by atoms with van der Waals surface area (Å²) >= 11 is 13.5. The van der Waals surface area contributed by atoms with Crippen molar-refractivity contribution in [3.05, 3.63) is 51.5 Å². The number of anilines is 1. The second-order valence-corrected chi connectivity index (χ2v) is 6.65. The van der Waals surface area contributed by atoms with E-state index >= 15 is 0 Å². The fraction of sp³-hybridized carbons (Fsp3) is 0.125. The molecular formula is C16H12Cl2N2O2S. The van der Waals surface area contributed by atoms with Crippen LogP contribution in [-0.4, -0.2) is 18.0 Å². The van der Waals surface area contributed by atoms with Crippen molar-refractivity contribution in [2.45, 2.75) is 6.92 Å². The summed E-state index contributed by atoms with van der Waals surface area (Å²) in [5.41, 5.74) is 1.92. The number of halogens is 2. The number of aromatic nitrogens is 1. The Labute approximate surface area is 147 Å². The molecule has 1 aromatic heterocycles. The molecule has 23 heavy (non-hydrogen) atoms. The second kappa shape index (κ2) is 6.35. The Morgan fingerprint density at radius 2 is 2.04 bits per heavy atom. The van der Waals surface area contributed by atoms with E-state index in [1.807, 2.05) is 25.1 Å². The first-order valence-corrected chi connectivity index (χ1v) is 8.28. The van der Waals surface area contributed by atoms with E-state index in [0.29, 0.717) is 32.0 Å². The number of methoxy groups -OCH3 is 1. The van der Waals surface area contributed by atoms with Gasteiger partial charge < -0.3 is 4.74 Å². The zero-order chi connectivity index (χ0) is 16.6. The third-order valence-corrected chi connectivity index (χ3v) is 5.06. The normalized spacial score (nSPS) is 10.8. The van der Waals surface area contributed by atoms with Gasteiger partial charge in [-0.1, -0.05) is 46.7 Å². The van der Waals surface area contributed by atoms with Crippen LogP contribution in [0.1, 0.15) is 15.9 Å². The van der Waals surface area contributed by atoms with Crippen molar-refractivity contribution in [1.82, 2.24) is 4.98 Å². The fourth-order valence-electron chi connectivity index (χ4n) is 2.26. The maximum atomic E-state index is 12.5. The van der Waals surface area contributed by atoms with Gasteiger partial charge in [-0.25, -0.2) is 4.98 Å². The molecule has 3 rings (SSSR count). The molecule has 7 heteroatoms. The monoisotopic (exact) mass is 366 g/mol. The lowest BCUT2D eigenvalue weighted by atomic mass is 10.1. The minimum atomic E-state index is -0.285. The molecule has 0 atom stereocenters. The Morgan fingerprint density at radius 3 is 2.78 bits per heavy atom. The van der Waals surface area contributed by atoms with Crippen molar-refractivity contribution in [3.63, 3.8) is 0 Å². The number of hydrogen-bond acceptors (Lipinski definition) is 4. The van der Waals surface area contributed by atoms with Crippen LogP contribution in [0.5, 0.6) is 5.75 Å². The number of amides is 1. The lowest BCUT2D eigenvalue weighted by Crippen LogP contribution is -2.13. The van der Waals surface area contributed by atoms with Gasteiger partial charge in [-0.2, -0.15) is 0 Å². The van der Waals surface area contributed by atoms with Crippen LogP contribution in [0, 0.1) is 6.92 Å². The zero-order valence-electron chi connectivity index (χ0n) is 12.3. The van der Waals surface area contributed by atoms with E-state index < -0.39 is 0 Å². The van der Waals surface area contributed by atoms with Crippen molar-refractivity contribution in [1.29, 1.82) is 0 Å². The first-order chi connectivity index (χ1) is 11.0. The van der Waals surface area contributed by atoms with E-state index in [2.05, 4.69) is 10.3 Å². The highest BCUT2D eigenvalue weighted by Crippen LogP contribution is 2.35. The molecule has 0 unspecified atom stereocenters. The average Bonchev–Trinajstić information content (AvgIpc) is 2.94. The highest BCUT2D eigenvalue weighted by molar-refractivity contribution is 7.22. The van der Waals surface area contributed by atoms with Crippen LogP contribution in [0.3, 0.4) is 0 Å². The molecule has 3 aromatic rings. The van der Waals surface area contributed by atoms with Crippen LogP contribution in [-0.2, 0) is 0 Å². The maximum Gasteiger partial charge on any atom is 0.261 e. The molecule has 0 spiro atoms. The molecule has 118 valence electrons. The Morgan fingerprint density at radius 1 is 1.26 bits per heavy atom. The van der Waals surface area contributed by atoms with Crippen LogP contribution < -0.4 is 10.1 Å². The number of rotatable bonds is 3. The highest BCUT2D eigenvalue weighted by Gasteiger charge is 2.17. The number of nitrogens with one attached hydrogen (secondary N) is 1. The minimum Gasteiger partial charge on any atom is -0.496 e. The van der Waals surface area contributed by atoms with Crippen molar-refractivity contribution >= 4 is 55.8 Å². The summed E-state index contributed by atoms with van der Waals surface area (Å²) in [5.74, 6) is 0.263. The van der Waals surface area contributed by atoms with Gasteiger partial charge in [0.25, 0.3) is 5.91 Å². The predicted octanol–water partition coefficient (Wildman–Crippen LogP) is 5.17. The number of carbonyl (C=O) groups is 1. The van der Waals surface area contributed by atoms with Crippen molar-refractivity contribution in [2.24, 2.45) is 0 Å². The third kappa shape index (κ3) is 3.00. The number of aryl methyl sites for hydroxylation is 1. The minimum absolute atomic E-state index is 0.285. The molecule has 0 radical (unpaired) electrons. The summed E-state index contributed by atoms with van der Waals surface area (Å²) < 4.78 is 6.17. The molecule has 0 saturated heterocycles. The molecule has 0 aliphatic carbocycles. The van der Waals surface area contributed by atoms with Gasteiger partial charge in [0.15, 0.2) is 5.13 Å². The number of thiazole rings is 1. The van der Waals surface area contributed by atoms with Gasteiger partial charge in [0, 0.05) is 0 Å². The highest BCUT2D eigenvalue weighted by atomic mass is 35.5. The molecule has 0 aliphatic heterocycles. The summed E-state index contributed by atoms with van der Waals surface area (Å²) in [6.45, 7) is 1.88. The van der Waals surface area contributed by atoms with E-state index in [9.17, 15) is 4.79 Å². The number of fused-ring (bicyclic) bond motifs is 1. The van der Waals surface area contributed by atoms with Crippen molar-refractivity contribution in [3.8, 4) is 5.75 Å². The predicted molar refractivity (Wildman–Crippen MR) is 95.3 cm³/mol. The Balaban J connectivity index is 1.95. The Kier molecular flexibility index (Phi) is 4.43. The van der Waals surface area contributed by atoms with E-state index in [1.165, 1.54) is 11.3 Å². The van der Waals surface area contributed by atoms with Crippen LogP contribution in [0.4, 0.5) is 5.13 Å². The Hall–Kier alpha value is -1.82. The number of para-hydroxylation sites is 1. The standard InChI is InChI=1S/C16H12Cl2N2O2S/c1-8-4-3-5-9(14(8)22-2)15(21)20-16-19-13-11(23-16)7-6-10(17)12(13)18/h3-7H,1-2H3,(H,19,20,21). The lowest BCUT2D eigenvalue weighted by molar-refractivity contribution is 0.102. The van der Waals surface area contributed by atoms with Crippen LogP contribution in [0.2, 0.25) is 10.0 Å². The van der Waals surface area contributed by atoms with Crippen molar-refractivity contribution < 1.29 is 9.53 Å². The SMILES string of the molecule is COc1c(C)cccc1C(=O)Nc1nc2c(Cl)c(Cl)ccc2s1. The molecular weight excluding hydrogens is 355 g/mol. The van der Waals surface area contributed by atoms with Crippen molar-refractivity contribution in [2.75, 3.05) is 12.4 Å². The fourth-order valence-corrected chi connectivity index (χ4v) is 3.54. The smallest absolute Gasteiger partial charge is 0.261 e. The molecule has 0 fully saturated rings.